The van der Waals surface area contributed by atoms with Gasteiger partial charge in [0.05, 0.1) is 20.1 Å². The summed E-state index contributed by atoms with van der Waals surface area (Å²) in [5, 5.41) is 1.89. The summed E-state index contributed by atoms with van der Waals surface area (Å²) in [4.78, 5) is 37.1. The van der Waals surface area contributed by atoms with E-state index in [1.54, 1.807) is 0 Å². The zero-order valence-corrected chi connectivity index (χ0v) is 15.5. The highest BCUT2D eigenvalue weighted by atomic mass is 19.4. The first-order chi connectivity index (χ1) is 13.1. The monoisotopic (exact) mass is 402 g/mol. The molecule has 1 fully saturated rings. The van der Waals surface area contributed by atoms with E-state index >= 15 is 0 Å². The van der Waals surface area contributed by atoms with Gasteiger partial charge in [0, 0.05) is 18.5 Å². The fraction of sp³-hybridized carbons (Fsp3) is 0.500. The van der Waals surface area contributed by atoms with Crippen molar-refractivity contribution in [2.45, 2.75) is 38.0 Å². The van der Waals surface area contributed by atoms with Crippen molar-refractivity contribution in [3.8, 4) is 5.75 Å². The highest BCUT2D eigenvalue weighted by Crippen LogP contribution is 2.39. The first-order valence-electron chi connectivity index (χ1n) is 8.64. The van der Waals surface area contributed by atoms with E-state index in [4.69, 9.17) is 4.74 Å². The van der Waals surface area contributed by atoms with Gasteiger partial charge in [0.15, 0.2) is 0 Å². The lowest BCUT2D eigenvalue weighted by Gasteiger charge is -2.42. The summed E-state index contributed by atoms with van der Waals surface area (Å²) >= 11 is 0. The molecule has 0 aliphatic carbocycles. The zero-order chi connectivity index (χ0) is 20.9. The summed E-state index contributed by atoms with van der Waals surface area (Å²) in [5.74, 6) is -2.63. The molecule has 1 aliphatic heterocycles. The van der Waals surface area contributed by atoms with E-state index in [-0.39, 0.29) is 31.6 Å². The number of carbonyl (C=O) groups is 3. The molecule has 0 aromatic heterocycles. The number of nitrogens with zero attached hydrogens (tertiary/aromatic N) is 1. The molecule has 0 saturated carbocycles. The molecule has 0 bridgehead atoms. The van der Waals surface area contributed by atoms with Gasteiger partial charge in [-0.15, -0.1) is 0 Å². The number of ether oxygens (including phenoxy) is 2. The first kappa shape index (κ1) is 21.5. The lowest BCUT2D eigenvalue weighted by atomic mass is 10.0. The second kappa shape index (κ2) is 8.49. The van der Waals surface area contributed by atoms with E-state index in [0.29, 0.717) is 10.6 Å². The van der Waals surface area contributed by atoms with Crippen molar-refractivity contribution in [2.24, 2.45) is 0 Å². The number of rotatable bonds is 7. The first-order valence-corrected chi connectivity index (χ1v) is 8.64. The lowest BCUT2D eigenvalue weighted by Crippen LogP contribution is -2.70. The smallest absolute Gasteiger partial charge is 0.431 e. The predicted molar refractivity (Wildman–Crippen MR) is 91.4 cm³/mol. The van der Waals surface area contributed by atoms with Gasteiger partial charge in [-0.25, -0.2) is 0 Å². The summed E-state index contributed by atoms with van der Waals surface area (Å²) in [7, 11) is 1.40. The molecule has 28 heavy (non-hydrogen) atoms. The van der Waals surface area contributed by atoms with E-state index in [2.05, 4.69) is 4.74 Å². The van der Waals surface area contributed by atoms with E-state index in [0.717, 1.165) is 0 Å². The Morgan fingerprint density at radius 3 is 2.32 bits per heavy atom. The van der Waals surface area contributed by atoms with Gasteiger partial charge in [0.25, 0.3) is 5.91 Å². The minimum Gasteiger partial charge on any atom is -0.497 e. The molecule has 1 unspecified atom stereocenters. The van der Waals surface area contributed by atoms with E-state index < -0.39 is 36.0 Å². The predicted octanol–water partition coefficient (Wildman–Crippen LogP) is 2.26. The highest BCUT2D eigenvalue weighted by Gasteiger charge is 2.63. The van der Waals surface area contributed by atoms with Crippen molar-refractivity contribution >= 4 is 17.8 Å². The lowest BCUT2D eigenvalue weighted by molar-refractivity contribution is -0.240. The van der Waals surface area contributed by atoms with Crippen molar-refractivity contribution in [1.29, 1.82) is 0 Å². The molecule has 1 aromatic rings. The second-order valence-electron chi connectivity index (χ2n) is 6.17. The Bertz CT molecular complexity index is 736. The average Bonchev–Trinajstić information content (AvgIpc) is 3.06. The third kappa shape index (κ3) is 4.37. The number of alkyl halides is 3. The van der Waals surface area contributed by atoms with Crippen LogP contribution in [0.3, 0.4) is 0 Å². The number of carbonyl (C=O) groups excluding carboxylic acids is 3. The number of hydrogen-bond acceptors (Lipinski definition) is 5. The number of methoxy groups -OCH3 is 1. The molecule has 1 aliphatic rings. The van der Waals surface area contributed by atoms with Crippen molar-refractivity contribution in [1.82, 2.24) is 10.2 Å². The van der Waals surface area contributed by atoms with Crippen LogP contribution in [0.15, 0.2) is 24.3 Å². The Labute approximate surface area is 159 Å². The Balaban J connectivity index is 2.43. The molecule has 0 radical (unpaired) electrons. The molecule has 0 spiro atoms. The van der Waals surface area contributed by atoms with Crippen LogP contribution in [0.25, 0.3) is 0 Å². The maximum atomic E-state index is 14.2. The molecule has 154 valence electrons. The van der Waals surface area contributed by atoms with Gasteiger partial charge in [0.2, 0.25) is 11.6 Å². The molecule has 1 saturated heterocycles. The maximum Gasteiger partial charge on any atom is 0.431 e. The molecule has 1 heterocycles. The van der Waals surface area contributed by atoms with E-state index in [1.165, 1.54) is 38.3 Å². The van der Waals surface area contributed by atoms with Crippen molar-refractivity contribution in [2.75, 3.05) is 20.3 Å². The summed E-state index contributed by atoms with van der Waals surface area (Å²) in [5.41, 5.74) is -3.27. The van der Waals surface area contributed by atoms with Gasteiger partial charge in [-0.2, -0.15) is 13.2 Å². The van der Waals surface area contributed by atoms with Crippen molar-refractivity contribution < 1.29 is 37.0 Å². The van der Waals surface area contributed by atoms with Crippen molar-refractivity contribution in [3.05, 3.63) is 29.8 Å². The highest BCUT2D eigenvalue weighted by molar-refractivity contribution is 5.95. The summed E-state index contributed by atoms with van der Waals surface area (Å²) in [6, 6.07) is 5.39. The number of esters is 1. The number of likely N-dealkylation sites (tertiary alicyclic amines) is 1. The Morgan fingerprint density at radius 2 is 1.86 bits per heavy atom. The largest absolute Gasteiger partial charge is 0.497 e. The third-order valence-electron chi connectivity index (χ3n) is 4.38. The standard InChI is InChI=1S/C18H21F3N2O5/c1-3-28-15(25)11-17(18(19,20)21,23-10-4-5-14(23)24)22-16(26)12-6-8-13(27-2)9-7-12/h6-9H,3-5,10-11H2,1-2H3,(H,22,26). The molecular weight excluding hydrogens is 381 g/mol. The number of hydrogen-bond donors (Lipinski definition) is 1. The third-order valence-corrected chi connectivity index (χ3v) is 4.38. The van der Waals surface area contributed by atoms with Gasteiger partial charge >= 0.3 is 12.1 Å². The van der Waals surface area contributed by atoms with Crippen LogP contribution in [-0.2, 0) is 14.3 Å². The number of nitrogens with one attached hydrogen (secondary N) is 1. The van der Waals surface area contributed by atoms with Crippen LogP contribution in [0.2, 0.25) is 0 Å². The van der Waals surface area contributed by atoms with E-state index in [9.17, 15) is 27.6 Å². The van der Waals surface area contributed by atoms with Crippen LogP contribution >= 0.6 is 0 Å². The van der Waals surface area contributed by atoms with Gasteiger partial charge < -0.3 is 19.7 Å². The topological polar surface area (TPSA) is 84.9 Å². The minimum absolute atomic E-state index is 0.0788. The van der Waals surface area contributed by atoms with E-state index in [1.807, 2.05) is 5.32 Å². The number of amides is 2. The molecule has 2 amide bonds. The number of benzene rings is 1. The van der Waals surface area contributed by atoms with Crippen LogP contribution in [-0.4, -0.2) is 54.8 Å². The molecule has 10 heteroatoms. The quantitative estimate of drug-likeness (QED) is 0.708. The zero-order valence-electron chi connectivity index (χ0n) is 15.5. The maximum absolute atomic E-state index is 14.2. The van der Waals surface area contributed by atoms with Crippen LogP contribution < -0.4 is 10.1 Å². The van der Waals surface area contributed by atoms with Crippen LogP contribution in [0.4, 0.5) is 13.2 Å². The van der Waals surface area contributed by atoms with Crippen LogP contribution in [0.5, 0.6) is 5.75 Å². The van der Waals surface area contributed by atoms with Crippen molar-refractivity contribution in [3.63, 3.8) is 0 Å². The SMILES string of the molecule is CCOC(=O)CC(NC(=O)c1ccc(OC)cc1)(N1CCCC1=O)C(F)(F)F. The molecule has 2 rings (SSSR count). The summed E-state index contributed by atoms with van der Waals surface area (Å²) < 4.78 is 52.1. The Kier molecular flexibility index (Phi) is 6.52. The van der Waals surface area contributed by atoms with Gasteiger partial charge in [0.1, 0.15) is 5.75 Å². The summed E-state index contributed by atoms with van der Waals surface area (Å²) in [6.07, 6.45) is -6.25. The second-order valence-corrected chi connectivity index (χ2v) is 6.17. The molecule has 7 nitrogen and oxygen atoms in total. The fourth-order valence-electron chi connectivity index (χ4n) is 3.01. The van der Waals surface area contributed by atoms with Gasteiger partial charge in [-0.3, -0.25) is 14.4 Å². The number of halogens is 3. The Hall–Kier alpha value is -2.78. The normalized spacial score (nSPS) is 16.5. The Morgan fingerprint density at radius 1 is 1.21 bits per heavy atom. The fourth-order valence-corrected chi connectivity index (χ4v) is 3.01. The van der Waals surface area contributed by atoms with Crippen LogP contribution in [0, 0.1) is 0 Å². The molecule has 1 N–H and O–H groups in total. The minimum atomic E-state index is -5.11. The van der Waals surface area contributed by atoms with Gasteiger partial charge in [-0.1, -0.05) is 0 Å². The molecular formula is C18H21F3N2O5. The molecule has 1 atom stereocenters. The summed E-state index contributed by atoms with van der Waals surface area (Å²) in [6.45, 7) is 1.08. The molecule has 1 aromatic carbocycles. The van der Waals surface area contributed by atoms with Crippen LogP contribution in [0.1, 0.15) is 36.5 Å². The van der Waals surface area contributed by atoms with Gasteiger partial charge in [-0.05, 0) is 37.6 Å². The average molecular weight is 402 g/mol.